The second kappa shape index (κ2) is 9.78. The van der Waals surface area contributed by atoms with Gasteiger partial charge >= 0.3 is 6.18 Å². The van der Waals surface area contributed by atoms with E-state index in [1.165, 1.54) is 36.4 Å². The van der Waals surface area contributed by atoms with Crippen molar-refractivity contribution in [2.45, 2.75) is 12.6 Å². The number of anilines is 1. The van der Waals surface area contributed by atoms with Crippen LogP contribution in [0.3, 0.4) is 0 Å². The molecule has 7 nitrogen and oxygen atoms in total. The number of nitro groups is 1. The number of carbonyl (C=O) groups is 1. The van der Waals surface area contributed by atoms with Crippen LogP contribution in [0.15, 0.2) is 48.5 Å². The standard InChI is InChI=1S/C21H23F3N4O3/c22-21(23,24)17-5-2-6-18(15-17)27-12-10-26(11-13-27)9-3-8-25-20(29)16-4-1-7-19(14-16)28(30)31/h1-2,4-7,14-15H,3,8-13H2,(H,25,29). The minimum absolute atomic E-state index is 0.133. The van der Waals surface area contributed by atoms with Gasteiger partial charge in [0.25, 0.3) is 11.6 Å². The summed E-state index contributed by atoms with van der Waals surface area (Å²) in [7, 11) is 0. The normalized spacial score (nSPS) is 15.0. The molecule has 0 saturated carbocycles. The van der Waals surface area contributed by atoms with Crippen molar-refractivity contribution in [2.75, 3.05) is 44.2 Å². The van der Waals surface area contributed by atoms with Gasteiger partial charge < -0.3 is 10.2 Å². The van der Waals surface area contributed by atoms with Crippen molar-refractivity contribution in [1.82, 2.24) is 10.2 Å². The summed E-state index contributed by atoms with van der Waals surface area (Å²) >= 11 is 0. The number of hydrogen-bond acceptors (Lipinski definition) is 5. The van der Waals surface area contributed by atoms with Gasteiger partial charge in [0, 0.05) is 56.1 Å². The van der Waals surface area contributed by atoms with Crippen LogP contribution in [-0.2, 0) is 6.18 Å². The fourth-order valence-electron chi connectivity index (χ4n) is 3.48. The minimum Gasteiger partial charge on any atom is -0.369 e. The van der Waals surface area contributed by atoms with Crippen LogP contribution in [0, 0.1) is 10.1 Å². The number of benzene rings is 2. The highest BCUT2D eigenvalue weighted by Gasteiger charge is 2.31. The molecule has 2 aromatic carbocycles. The quantitative estimate of drug-likeness (QED) is 0.408. The molecule has 1 aliphatic rings. The highest BCUT2D eigenvalue weighted by molar-refractivity contribution is 5.94. The first-order chi connectivity index (χ1) is 14.7. The van der Waals surface area contributed by atoms with Gasteiger partial charge in [-0.1, -0.05) is 12.1 Å². The molecule has 1 heterocycles. The molecule has 10 heteroatoms. The number of nitrogens with zero attached hydrogens (tertiary/aromatic N) is 3. The Labute approximate surface area is 177 Å². The average Bonchev–Trinajstić information content (AvgIpc) is 2.76. The van der Waals surface area contributed by atoms with E-state index in [-0.39, 0.29) is 17.2 Å². The molecule has 0 bridgehead atoms. The van der Waals surface area contributed by atoms with Crippen molar-refractivity contribution in [2.24, 2.45) is 0 Å². The maximum Gasteiger partial charge on any atom is 0.416 e. The van der Waals surface area contributed by atoms with Crippen LogP contribution in [0.1, 0.15) is 22.3 Å². The summed E-state index contributed by atoms with van der Waals surface area (Å²) in [4.78, 5) is 26.5. The lowest BCUT2D eigenvalue weighted by atomic mass is 10.1. The fraction of sp³-hybridized carbons (Fsp3) is 0.381. The number of carbonyl (C=O) groups excluding carboxylic acids is 1. The lowest BCUT2D eigenvalue weighted by Gasteiger charge is -2.36. The summed E-state index contributed by atoms with van der Waals surface area (Å²) in [6.07, 6.45) is -3.66. The zero-order valence-electron chi connectivity index (χ0n) is 16.8. The third-order valence-electron chi connectivity index (χ3n) is 5.17. The molecular weight excluding hydrogens is 413 g/mol. The van der Waals surface area contributed by atoms with Crippen molar-refractivity contribution >= 4 is 17.3 Å². The maximum atomic E-state index is 12.9. The number of nitro benzene ring substituents is 1. The number of halogens is 3. The number of piperazine rings is 1. The third-order valence-corrected chi connectivity index (χ3v) is 5.17. The largest absolute Gasteiger partial charge is 0.416 e. The Balaban J connectivity index is 1.40. The predicted molar refractivity (Wildman–Crippen MR) is 110 cm³/mol. The molecule has 1 saturated heterocycles. The number of amides is 1. The molecule has 0 aromatic heterocycles. The van der Waals surface area contributed by atoms with Crippen molar-refractivity contribution in [3.63, 3.8) is 0 Å². The lowest BCUT2D eigenvalue weighted by molar-refractivity contribution is -0.384. The number of rotatable bonds is 7. The molecule has 0 aliphatic carbocycles. The smallest absolute Gasteiger partial charge is 0.369 e. The van der Waals surface area contributed by atoms with E-state index in [9.17, 15) is 28.1 Å². The second-order valence-corrected chi connectivity index (χ2v) is 7.29. The molecule has 0 atom stereocenters. The van der Waals surface area contributed by atoms with E-state index in [0.717, 1.165) is 25.7 Å². The average molecular weight is 436 g/mol. The van der Waals surface area contributed by atoms with Gasteiger partial charge in [-0.05, 0) is 37.2 Å². The van der Waals surface area contributed by atoms with Crippen LogP contribution >= 0.6 is 0 Å². The van der Waals surface area contributed by atoms with Crippen molar-refractivity contribution in [3.05, 3.63) is 69.8 Å². The topological polar surface area (TPSA) is 78.7 Å². The Morgan fingerprint density at radius 1 is 1.06 bits per heavy atom. The minimum atomic E-state index is -4.35. The Kier molecular flexibility index (Phi) is 7.11. The monoisotopic (exact) mass is 436 g/mol. The zero-order valence-corrected chi connectivity index (χ0v) is 16.8. The molecule has 0 radical (unpaired) electrons. The van der Waals surface area contributed by atoms with Gasteiger partial charge in [-0.15, -0.1) is 0 Å². The van der Waals surface area contributed by atoms with Crippen molar-refractivity contribution < 1.29 is 22.9 Å². The van der Waals surface area contributed by atoms with E-state index in [2.05, 4.69) is 10.2 Å². The maximum absolute atomic E-state index is 12.9. The Morgan fingerprint density at radius 3 is 2.45 bits per heavy atom. The summed E-state index contributed by atoms with van der Waals surface area (Å²) in [5.41, 5.74) is 0.0285. The van der Waals surface area contributed by atoms with Crippen LogP contribution in [0.5, 0.6) is 0 Å². The van der Waals surface area contributed by atoms with Gasteiger partial charge in [0.2, 0.25) is 0 Å². The van der Waals surface area contributed by atoms with Crippen molar-refractivity contribution in [1.29, 1.82) is 0 Å². The van der Waals surface area contributed by atoms with Crippen LogP contribution in [-0.4, -0.2) is 55.0 Å². The van der Waals surface area contributed by atoms with Gasteiger partial charge in [0.15, 0.2) is 0 Å². The highest BCUT2D eigenvalue weighted by Crippen LogP contribution is 2.31. The van der Waals surface area contributed by atoms with Gasteiger partial charge in [-0.2, -0.15) is 13.2 Å². The molecule has 1 amide bonds. The first-order valence-corrected chi connectivity index (χ1v) is 9.91. The van der Waals surface area contributed by atoms with Gasteiger partial charge in [-0.25, -0.2) is 0 Å². The van der Waals surface area contributed by atoms with Crippen LogP contribution in [0.2, 0.25) is 0 Å². The number of alkyl halides is 3. The number of nitrogens with one attached hydrogen (secondary N) is 1. The van der Waals surface area contributed by atoms with E-state index in [4.69, 9.17) is 0 Å². The highest BCUT2D eigenvalue weighted by atomic mass is 19.4. The van der Waals surface area contributed by atoms with Gasteiger partial charge in [-0.3, -0.25) is 19.8 Å². The first-order valence-electron chi connectivity index (χ1n) is 9.91. The second-order valence-electron chi connectivity index (χ2n) is 7.29. The lowest BCUT2D eigenvalue weighted by Crippen LogP contribution is -2.47. The molecular formula is C21H23F3N4O3. The Hall–Kier alpha value is -3.14. The van der Waals surface area contributed by atoms with Crippen LogP contribution < -0.4 is 10.2 Å². The Bertz CT molecular complexity index is 928. The third kappa shape index (κ3) is 6.17. The molecule has 0 spiro atoms. The number of hydrogen-bond donors (Lipinski definition) is 1. The van der Waals surface area contributed by atoms with E-state index in [1.54, 1.807) is 6.07 Å². The summed E-state index contributed by atoms with van der Waals surface area (Å²) in [5.74, 6) is -0.363. The summed E-state index contributed by atoms with van der Waals surface area (Å²) in [6.45, 7) is 3.86. The van der Waals surface area contributed by atoms with Gasteiger partial charge in [0.05, 0.1) is 10.5 Å². The molecule has 2 aromatic rings. The SMILES string of the molecule is O=C(NCCCN1CCN(c2cccc(C(F)(F)F)c2)CC1)c1cccc([N+](=O)[O-])c1. The van der Waals surface area contributed by atoms with E-state index in [0.29, 0.717) is 31.7 Å². The van der Waals surface area contributed by atoms with Crippen molar-refractivity contribution in [3.8, 4) is 0 Å². The predicted octanol–water partition coefficient (Wildman–Crippen LogP) is 3.56. The number of non-ortho nitro benzene ring substituents is 1. The van der Waals surface area contributed by atoms with E-state index in [1.807, 2.05) is 4.90 Å². The fourth-order valence-corrected chi connectivity index (χ4v) is 3.48. The molecule has 1 aliphatic heterocycles. The van der Waals surface area contributed by atoms with E-state index >= 15 is 0 Å². The summed E-state index contributed by atoms with van der Waals surface area (Å²) < 4.78 is 38.7. The van der Waals surface area contributed by atoms with Gasteiger partial charge in [0.1, 0.15) is 0 Å². The molecule has 3 rings (SSSR count). The summed E-state index contributed by atoms with van der Waals surface area (Å²) in [5, 5.41) is 13.6. The molecule has 1 N–H and O–H groups in total. The summed E-state index contributed by atoms with van der Waals surface area (Å²) in [6, 6.07) is 10.9. The molecule has 1 fully saturated rings. The molecule has 0 unspecified atom stereocenters. The van der Waals surface area contributed by atoms with Crippen LogP contribution in [0.25, 0.3) is 0 Å². The molecule has 31 heavy (non-hydrogen) atoms. The van der Waals surface area contributed by atoms with E-state index < -0.39 is 16.7 Å². The molecule has 166 valence electrons. The van der Waals surface area contributed by atoms with Crippen LogP contribution in [0.4, 0.5) is 24.5 Å². The Morgan fingerprint density at radius 2 is 1.77 bits per heavy atom. The first kappa shape index (κ1) is 22.5. The zero-order chi connectivity index (χ0) is 22.4.